The van der Waals surface area contributed by atoms with Gasteiger partial charge in [0.1, 0.15) is 23.9 Å². The first-order valence-electron chi connectivity index (χ1n) is 13.8. The summed E-state index contributed by atoms with van der Waals surface area (Å²) in [7, 11) is 0. The van der Waals surface area contributed by atoms with Crippen LogP contribution in [0.25, 0.3) is 0 Å². The molecule has 3 aromatic rings. The van der Waals surface area contributed by atoms with Gasteiger partial charge in [0, 0.05) is 56.7 Å². The molecule has 11 heteroatoms. The molecule has 1 aromatic heterocycles. The Balaban J connectivity index is 1.32. The molecule has 5 rings (SSSR count). The lowest BCUT2D eigenvalue weighted by Crippen LogP contribution is -2.46. The van der Waals surface area contributed by atoms with E-state index < -0.39 is 6.09 Å². The first-order chi connectivity index (χ1) is 20.0. The number of para-hydroxylation sites is 1. The molecule has 1 saturated heterocycles. The van der Waals surface area contributed by atoms with Crippen LogP contribution in [-0.2, 0) is 11.3 Å². The summed E-state index contributed by atoms with van der Waals surface area (Å²) < 4.78 is 17.9. The predicted molar refractivity (Wildman–Crippen MR) is 155 cm³/mol. The standard InChI is InChI=1S/C30H36N6O5/c1-22-6-5-7-23(2)28(22)41-30(37)36-12-3-4-18-39-21-24-20-25(32-29-31-11-10-27(36)33-29)8-9-26(24)40-19-17-34-13-15-35(38)16-14-34/h3-11,20,38H,12-19,21H2,1-2H3,(H,31,32,33)/b4-3-. The lowest BCUT2D eigenvalue weighted by molar-refractivity contribution is -0.117. The first kappa shape index (κ1) is 28.5. The molecule has 0 radical (unpaired) electrons. The highest BCUT2D eigenvalue weighted by Crippen LogP contribution is 2.27. The Labute approximate surface area is 239 Å². The molecule has 11 nitrogen and oxygen atoms in total. The number of hydrogen-bond acceptors (Lipinski definition) is 10. The third kappa shape index (κ3) is 7.59. The normalized spacial score (nSPS) is 17.3. The van der Waals surface area contributed by atoms with E-state index in [-0.39, 0.29) is 6.54 Å². The summed E-state index contributed by atoms with van der Waals surface area (Å²) in [6.07, 6.45) is 4.80. The molecule has 0 atom stereocenters. The van der Waals surface area contributed by atoms with Crippen molar-refractivity contribution in [1.29, 1.82) is 0 Å². The minimum absolute atomic E-state index is 0.244. The fourth-order valence-electron chi connectivity index (χ4n) is 4.69. The van der Waals surface area contributed by atoms with Gasteiger partial charge in [-0.05, 0) is 49.2 Å². The lowest BCUT2D eigenvalue weighted by atomic mass is 10.1. The van der Waals surface area contributed by atoms with E-state index in [1.54, 1.807) is 12.3 Å². The monoisotopic (exact) mass is 560 g/mol. The minimum Gasteiger partial charge on any atom is -0.492 e. The first-order valence-corrected chi connectivity index (χ1v) is 13.8. The van der Waals surface area contributed by atoms with Crippen molar-refractivity contribution in [2.24, 2.45) is 0 Å². The zero-order valence-corrected chi connectivity index (χ0v) is 23.5. The second-order valence-corrected chi connectivity index (χ2v) is 10.0. The van der Waals surface area contributed by atoms with Crippen LogP contribution in [0.15, 0.2) is 60.8 Å². The van der Waals surface area contributed by atoms with E-state index in [0.29, 0.717) is 50.4 Å². The van der Waals surface area contributed by atoms with Gasteiger partial charge in [0.15, 0.2) is 0 Å². The van der Waals surface area contributed by atoms with Gasteiger partial charge in [0.05, 0.1) is 13.2 Å². The Morgan fingerprint density at radius 1 is 1.07 bits per heavy atom. The number of rotatable bonds is 5. The van der Waals surface area contributed by atoms with Gasteiger partial charge in [-0.25, -0.2) is 9.78 Å². The largest absolute Gasteiger partial charge is 0.492 e. The van der Waals surface area contributed by atoms with Gasteiger partial charge in [0.25, 0.3) is 0 Å². The van der Waals surface area contributed by atoms with E-state index >= 15 is 0 Å². The van der Waals surface area contributed by atoms with Crippen LogP contribution in [0.1, 0.15) is 16.7 Å². The number of benzene rings is 2. The molecule has 0 saturated carbocycles. The van der Waals surface area contributed by atoms with Crippen molar-refractivity contribution < 1.29 is 24.2 Å². The third-order valence-electron chi connectivity index (χ3n) is 6.99. The number of nitrogens with one attached hydrogen (secondary N) is 1. The van der Waals surface area contributed by atoms with Crippen molar-refractivity contribution in [2.75, 3.05) is 62.7 Å². The molecule has 2 aliphatic heterocycles. The van der Waals surface area contributed by atoms with Gasteiger partial charge in [0.2, 0.25) is 5.95 Å². The van der Waals surface area contributed by atoms with Crippen LogP contribution < -0.4 is 19.7 Å². The molecule has 2 aromatic carbocycles. The lowest BCUT2D eigenvalue weighted by Gasteiger charge is -2.30. The van der Waals surface area contributed by atoms with E-state index in [2.05, 4.69) is 20.2 Å². The quantitative estimate of drug-likeness (QED) is 0.438. The fraction of sp³-hybridized carbons (Fsp3) is 0.367. The smallest absolute Gasteiger partial charge is 0.421 e. The van der Waals surface area contributed by atoms with Gasteiger partial charge in [-0.15, -0.1) is 0 Å². The number of hydrogen-bond donors (Lipinski definition) is 2. The molecule has 1 fully saturated rings. The Bertz CT molecular complexity index is 1350. The van der Waals surface area contributed by atoms with Crippen LogP contribution in [-0.4, -0.2) is 83.7 Å². The third-order valence-corrected chi connectivity index (χ3v) is 6.99. The number of anilines is 3. The average molecular weight is 561 g/mol. The number of nitrogens with zero attached hydrogens (tertiary/aromatic N) is 5. The van der Waals surface area contributed by atoms with Crippen molar-refractivity contribution in [3.8, 4) is 11.5 Å². The van der Waals surface area contributed by atoms with Gasteiger partial charge >= 0.3 is 6.09 Å². The molecule has 41 heavy (non-hydrogen) atoms. The van der Waals surface area contributed by atoms with Crippen molar-refractivity contribution in [1.82, 2.24) is 19.9 Å². The summed E-state index contributed by atoms with van der Waals surface area (Å²) >= 11 is 0. The molecule has 3 heterocycles. The molecule has 0 aliphatic carbocycles. The molecule has 4 bridgehead atoms. The van der Waals surface area contributed by atoms with Crippen LogP contribution in [0.4, 0.5) is 22.2 Å². The number of aryl methyl sites for hydroxylation is 2. The predicted octanol–water partition coefficient (Wildman–Crippen LogP) is 4.31. The van der Waals surface area contributed by atoms with E-state index in [1.807, 2.05) is 62.4 Å². The molecule has 0 spiro atoms. The maximum Gasteiger partial charge on any atom is 0.421 e. The summed E-state index contributed by atoms with van der Waals surface area (Å²) in [4.78, 5) is 26.0. The Morgan fingerprint density at radius 3 is 2.68 bits per heavy atom. The van der Waals surface area contributed by atoms with Crippen LogP contribution in [0, 0.1) is 13.8 Å². The summed E-state index contributed by atoms with van der Waals surface area (Å²) in [5.74, 6) is 2.04. The molecular weight excluding hydrogens is 524 g/mol. The molecule has 2 aliphatic rings. The fourth-order valence-corrected chi connectivity index (χ4v) is 4.69. The molecule has 216 valence electrons. The number of hydroxylamine groups is 2. The topological polar surface area (TPSA) is 113 Å². The highest BCUT2D eigenvalue weighted by Gasteiger charge is 2.21. The van der Waals surface area contributed by atoms with Crippen LogP contribution in [0.2, 0.25) is 0 Å². The SMILES string of the molecule is Cc1cccc(C)c1OC(=O)N1C/C=C\COCc2cc(ccc2OCCN2CCN(O)CC2)Nc2nccc1n2. The van der Waals surface area contributed by atoms with Gasteiger partial charge < -0.3 is 24.7 Å². The zero-order chi connectivity index (χ0) is 28.6. The highest BCUT2D eigenvalue weighted by atomic mass is 16.6. The summed E-state index contributed by atoms with van der Waals surface area (Å²) in [6, 6.07) is 13.2. The van der Waals surface area contributed by atoms with Crippen molar-refractivity contribution in [2.45, 2.75) is 20.5 Å². The minimum atomic E-state index is -0.535. The Kier molecular flexibility index (Phi) is 9.42. The van der Waals surface area contributed by atoms with Crippen LogP contribution in [0.5, 0.6) is 11.5 Å². The van der Waals surface area contributed by atoms with E-state index in [1.165, 1.54) is 9.96 Å². The Morgan fingerprint density at radius 2 is 1.88 bits per heavy atom. The van der Waals surface area contributed by atoms with Crippen LogP contribution in [0.3, 0.4) is 0 Å². The number of carbonyl (C=O) groups excluding carboxylic acids is 1. The number of aromatic nitrogens is 2. The molecular formula is C30H36N6O5. The van der Waals surface area contributed by atoms with Crippen LogP contribution >= 0.6 is 0 Å². The molecule has 0 unspecified atom stereocenters. The summed E-state index contributed by atoms with van der Waals surface area (Å²) in [5, 5.41) is 14.2. The number of ether oxygens (including phenoxy) is 3. The van der Waals surface area contributed by atoms with Gasteiger partial charge in [-0.1, -0.05) is 30.4 Å². The van der Waals surface area contributed by atoms with Crippen molar-refractivity contribution in [3.63, 3.8) is 0 Å². The van der Waals surface area contributed by atoms with Gasteiger partial charge in [-0.3, -0.25) is 9.80 Å². The van der Waals surface area contributed by atoms with E-state index in [0.717, 1.165) is 47.8 Å². The summed E-state index contributed by atoms with van der Waals surface area (Å²) in [6.45, 7) is 8.98. The van der Waals surface area contributed by atoms with Gasteiger partial charge in [-0.2, -0.15) is 10.0 Å². The summed E-state index contributed by atoms with van der Waals surface area (Å²) in [5.41, 5.74) is 3.42. The molecule has 1 amide bonds. The highest BCUT2D eigenvalue weighted by molar-refractivity contribution is 5.88. The second kappa shape index (κ2) is 13.6. The maximum absolute atomic E-state index is 13.3. The molecule has 2 N–H and O–H groups in total. The number of fused-ring (bicyclic) bond motifs is 4. The number of piperazine rings is 1. The van der Waals surface area contributed by atoms with E-state index in [4.69, 9.17) is 14.2 Å². The second-order valence-electron chi connectivity index (χ2n) is 10.0. The zero-order valence-electron chi connectivity index (χ0n) is 23.5. The Hall–Kier alpha value is -4.03. The van der Waals surface area contributed by atoms with Crippen molar-refractivity contribution >= 4 is 23.5 Å². The number of carbonyl (C=O) groups is 1. The van der Waals surface area contributed by atoms with E-state index in [9.17, 15) is 10.0 Å². The maximum atomic E-state index is 13.3. The van der Waals surface area contributed by atoms with Crippen molar-refractivity contribution in [3.05, 3.63) is 77.5 Å². The average Bonchev–Trinajstić information content (AvgIpc) is 2.96. The number of amides is 1.